The number of hydrogen-bond acceptors (Lipinski definition) is 5. The third-order valence-corrected chi connectivity index (χ3v) is 5.60. The quantitative estimate of drug-likeness (QED) is 0.455. The summed E-state index contributed by atoms with van der Waals surface area (Å²) in [4.78, 5) is 27.4. The van der Waals surface area contributed by atoms with E-state index >= 15 is 0 Å². The summed E-state index contributed by atoms with van der Waals surface area (Å²) in [6.45, 7) is 1.17. The smallest absolute Gasteiger partial charge is 0.328 e. The average molecular weight is 464 g/mol. The van der Waals surface area contributed by atoms with Gasteiger partial charge in [0.05, 0.1) is 19.1 Å². The Morgan fingerprint density at radius 2 is 1.94 bits per heavy atom. The van der Waals surface area contributed by atoms with Crippen LogP contribution in [0.1, 0.15) is 30.0 Å². The zero-order chi connectivity index (χ0) is 22.4. The summed E-state index contributed by atoms with van der Waals surface area (Å²) >= 11 is 12.6. The van der Waals surface area contributed by atoms with Crippen molar-refractivity contribution in [3.8, 4) is 0 Å². The lowest BCUT2D eigenvalue weighted by Crippen LogP contribution is -2.42. The van der Waals surface area contributed by atoms with Crippen LogP contribution in [0.3, 0.4) is 0 Å². The molecular formula is C23H27Cl2N3O3. The van der Waals surface area contributed by atoms with E-state index in [4.69, 9.17) is 27.9 Å². The highest BCUT2D eigenvalue weighted by atomic mass is 35.5. The van der Waals surface area contributed by atoms with Gasteiger partial charge in [0, 0.05) is 34.3 Å². The van der Waals surface area contributed by atoms with E-state index in [1.165, 1.54) is 0 Å². The van der Waals surface area contributed by atoms with Gasteiger partial charge in [-0.2, -0.15) is 0 Å². The first-order valence-electron chi connectivity index (χ1n) is 10.2. The van der Waals surface area contributed by atoms with Gasteiger partial charge in [0.25, 0.3) is 0 Å². The maximum atomic E-state index is 12.7. The molecule has 1 aliphatic heterocycles. The Labute approximate surface area is 192 Å². The number of nitrogens with one attached hydrogen (secondary N) is 2. The second-order valence-electron chi connectivity index (χ2n) is 7.89. The zero-order valence-electron chi connectivity index (χ0n) is 17.7. The molecule has 0 bridgehead atoms. The number of nitrogens with zero attached hydrogens (tertiary/aromatic N) is 1. The third-order valence-electron chi connectivity index (χ3n) is 5.07. The van der Waals surface area contributed by atoms with Crippen molar-refractivity contribution in [1.29, 1.82) is 0 Å². The van der Waals surface area contributed by atoms with Crippen molar-refractivity contribution in [3.05, 3.63) is 63.6 Å². The van der Waals surface area contributed by atoms with Crippen LogP contribution >= 0.6 is 23.2 Å². The molecule has 0 aliphatic carbocycles. The van der Waals surface area contributed by atoms with Crippen molar-refractivity contribution >= 4 is 40.8 Å². The van der Waals surface area contributed by atoms with Crippen LogP contribution in [0.15, 0.2) is 42.5 Å². The average Bonchev–Trinajstić information content (AvgIpc) is 2.70. The Bertz CT molecular complexity index is 922. The van der Waals surface area contributed by atoms with Gasteiger partial charge in [-0.05, 0) is 38.2 Å². The predicted octanol–water partition coefficient (Wildman–Crippen LogP) is 4.07. The van der Waals surface area contributed by atoms with Gasteiger partial charge in [-0.25, -0.2) is 4.79 Å². The topological polar surface area (TPSA) is 70.7 Å². The van der Waals surface area contributed by atoms with E-state index in [0.717, 1.165) is 24.1 Å². The summed E-state index contributed by atoms with van der Waals surface area (Å²) in [5, 5.41) is 7.10. The Kier molecular flexibility index (Phi) is 8.18. The first kappa shape index (κ1) is 23.4. The molecule has 6 nitrogen and oxygen atoms in total. The zero-order valence-corrected chi connectivity index (χ0v) is 19.2. The third kappa shape index (κ3) is 6.60. The van der Waals surface area contributed by atoms with Crippen LogP contribution in [-0.2, 0) is 20.7 Å². The lowest BCUT2D eigenvalue weighted by molar-refractivity contribution is -0.145. The molecule has 0 unspecified atom stereocenters. The summed E-state index contributed by atoms with van der Waals surface area (Å²) in [5.41, 5.74) is 2.27. The van der Waals surface area contributed by atoms with Crippen molar-refractivity contribution in [3.63, 3.8) is 0 Å². The van der Waals surface area contributed by atoms with E-state index in [1.807, 2.05) is 49.3 Å². The van der Waals surface area contributed by atoms with Gasteiger partial charge in [-0.3, -0.25) is 4.79 Å². The molecule has 1 aliphatic rings. The predicted molar refractivity (Wildman–Crippen MR) is 124 cm³/mol. The number of amides is 1. The van der Waals surface area contributed by atoms with Gasteiger partial charge in [0.15, 0.2) is 0 Å². The molecule has 0 aromatic heterocycles. The molecule has 2 aromatic rings. The number of anilines is 1. The molecule has 2 N–H and O–H groups in total. The summed E-state index contributed by atoms with van der Waals surface area (Å²) in [7, 11) is 3.94. The lowest BCUT2D eigenvalue weighted by Gasteiger charge is -2.33. The van der Waals surface area contributed by atoms with Crippen LogP contribution < -0.4 is 10.6 Å². The van der Waals surface area contributed by atoms with Crippen LogP contribution in [0.4, 0.5) is 5.69 Å². The Morgan fingerprint density at radius 1 is 1.19 bits per heavy atom. The summed E-state index contributed by atoms with van der Waals surface area (Å²) in [6, 6.07) is 11.8. The minimum Gasteiger partial charge on any atom is -0.464 e. The number of hydrogen-bond donors (Lipinski definition) is 2. The van der Waals surface area contributed by atoms with Crippen molar-refractivity contribution in [2.45, 2.75) is 31.3 Å². The van der Waals surface area contributed by atoms with Gasteiger partial charge in [0.2, 0.25) is 5.91 Å². The number of carbonyl (C=O) groups excluding carboxylic acids is 2. The normalized spacial score (nSPS) is 17.6. The van der Waals surface area contributed by atoms with Crippen molar-refractivity contribution in [2.75, 3.05) is 32.6 Å². The molecule has 3 rings (SSSR count). The molecule has 1 amide bonds. The molecule has 2 aromatic carbocycles. The molecule has 8 heteroatoms. The number of carbonyl (C=O) groups is 2. The molecule has 2 atom stereocenters. The minimum atomic E-state index is -0.608. The number of esters is 1. The van der Waals surface area contributed by atoms with E-state index in [2.05, 4.69) is 10.6 Å². The van der Waals surface area contributed by atoms with Gasteiger partial charge < -0.3 is 20.3 Å². The van der Waals surface area contributed by atoms with E-state index in [0.29, 0.717) is 28.8 Å². The molecule has 1 heterocycles. The van der Waals surface area contributed by atoms with Gasteiger partial charge >= 0.3 is 5.97 Å². The molecule has 0 spiro atoms. The fourth-order valence-corrected chi connectivity index (χ4v) is 4.25. The van der Waals surface area contributed by atoms with Crippen molar-refractivity contribution in [2.24, 2.45) is 0 Å². The second kappa shape index (κ2) is 10.8. The van der Waals surface area contributed by atoms with Gasteiger partial charge in [-0.1, -0.05) is 53.5 Å². The molecule has 0 saturated heterocycles. The van der Waals surface area contributed by atoms with Crippen LogP contribution in [0, 0.1) is 0 Å². The Balaban J connectivity index is 1.72. The van der Waals surface area contributed by atoms with E-state index < -0.39 is 12.1 Å². The largest absolute Gasteiger partial charge is 0.464 e. The molecule has 0 saturated carbocycles. The number of ether oxygens (including phenoxy) is 1. The lowest BCUT2D eigenvalue weighted by atomic mass is 9.92. The highest BCUT2D eigenvalue weighted by Crippen LogP contribution is 2.40. The van der Waals surface area contributed by atoms with Crippen LogP contribution in [-0.4, -0.2) is 50.1 Å². The van der Waals surface area contributed by atoms with Gasteiger partial charge in [0.1, 0.15) is 6.04 Å². The molecule has 0 fully saturated rings. The standard InChI is InChI=1S/C23H27Cl2N3O3/c1-28(2)9-6-10-31-23(30)20-14-19(22-17(25)12-16(24)13-18(22)26-20)27-21(29)11-15-7-4-3-5-8-15/h3-5,7-8,12-13,19-20,26H,6,9-11,14H2,1-2H3,(H,27,29)/t19-,20+/m1/s1. The van der Waals surface area contributed by atoms with Crippen molar-refractivity contribution < 1.29 is 14.3 Å². The molecule has 0 radical (unpaired) electrons. The molecule has 166 valence electrons. The Morgan fingerprint density at radius 3 is 2.65 bits per heavy atom. The fourth-order valence-electron chi connectivity index (χ4n) is 3.63. The highest BCUT2D eigenvalue weighted by Gasteiger charge is 2.34. The first-order valence-corrected chi connectivity index (χ1v) is 11.0. The number of benzene rings is 2. The summed E-state index contributed by atoms with van der Waals surface area (Å²) in [6.07, 6.45) is 1.32. The van der Waals surface area contributed by atoms with E-state index in [1.54, 1.807) is 12.1 Å². The molecule has 31 heavy (non-hydrogen) atoms. The number of rotatable bonds is 8. The summed E-state index contributed by atoms with van der Waals surface area (Å²) < 4.78 is 5.45. The molecular weight excluding hydrogens is 437 g/mol. The van der Waals surface area contributed by atoms with Crippen LogP contribution in [0.5, 0.6) is 0 Å². The Hall–Kier alpha value is -2.28. The number of halogens is 2. The fraction of sp³-hybridized carbons (Fsp3) is 0.391. The van der Waals surface area contributed by atoms with Crippen LogP contribution in [0.25, 0.3) is 0 Å². The van der Waals surface area contributed by atoms with Crippen molar-refractivity contribution in [1.82, 2.24) is 10.2 Å². The maximum Gasteiger partial charge on any atom is 0.328 e. The van der Waals surface area contributed by atoms with E-state index in [9.17, 15) is 9.59 Å². The van der Waals surface area contributed by atoms with Gasteiger partial charge in [-0.15, -0.1) is 0 Å². The first-order chi connectivity index (χ1) is 14.8. The number of fused-ring (bicyclic) bond motifs is 1. The SMILES string of the molecule is CN(C)CCCOC(=O)[C@@H]1C[C@@H](NC(=O)Cc2ccccc2)c2c(Cl)cc(Cl)cc2N1. The van der Waals surface area contributed by atoms with Crippen LogP contribution in [0.2, 0.25) is 10.0 Å². The minimum absolute atomic E-state index is 0.145. The van der Waals surface area contributed by atoms with E-state index in [-0.39, 0.29) is 18.3 Å². The second-order valence-corrected chi connectivity index (χ2v) is 8.73. The maximum absolute atomic E-state index is 12.7. The highest BCUT2D eigenvalue weighted by molar-refractivity contribution is 6.35. The monoisotopic (exact) mass is 463 g/mol. The summed E-state index contributed by atoms with van der Waals surface area (Å²) in [5.74, 6) is -0.504.